The van der Waals surface area contributed by atoms with Gasteiger partial charge in [-0.2, -0.15) is 0 Å². The van der Waals surface area contributed by atoms with Gasteiger partial charge in [0.1, 0.15) is 5.75 Å². The summed E-state index contributed by atoms with van der Waals surface area (Å²) in [7, 11) is 1.75. The minimum Gasteiger partial charge on any atom is -0.493 e. The third kappa shape index (κ3) is 4.47. The van der Waals surface area contributed by atoms with Crippen LogP contribution in [0.4, 0.5) is 4.39 Å². The minimum absolute atomic E-state index is 0.163. The SMILES string of the molecule is COC1CCCN(C(=O)C23CCC(c4ccc(OCC(CN)CF)cc4)(CC2)CC3)C1. The fourth-order valence-corrected chi connectivity index (χ4v) is 5.88. The van der Waals surface area contributed by atoms with Crippen LogP contribution >= 0.6 is 0 Å². The molecule has 0 radical (unpaired) electrons. The lowest BCUT2D eigenvalue weighted by molar-refractivity contribution is -0.153. The Bertz CT molecular complexity index is 725. The van der Waals surface area contributed by atoms with E-state index >= 15 is 0 Å². The third-order valence-corrected chi connectivity index (χ3v) is 8.20. The number of halogens is 1. The van der Waals surface area contributed by atoms with Crippen LogP contribution in [-0.2, 0) is 14.9 Å². The Kier molecular flexibility index (Phi) is 6.87. The summed E-state index contributed by atoms with van der Waals surface area (Å²) in [5.41, 5.74) is 6.91. The summed E-state index contributed by atoms with van der Waals surface area (Å²) in [6.45, 7) is 1.77. The quantitative estimate of drug-likeness (QED) is 0.678. The van der Waals surface area contributed by atoms with Crippen LogP contribution in [0.3, 0.4) is 0 Å². The van der Waals surface area contributed by atoms with Gasteiger partial charge in [-0.05, 0) is 74.5 Å². The number of carbonyl (C=O) groups excluding carboxylic acids is 1. The van der Waals surface area contributed by atoms with Crippen LogP contribution in [0.25, 0.3) is 0 Å². The molecule has 1 amide bonds. The van der Waals surface area contributed by atoms with E-state index in [9.17, 15) is 9.18 Å². The summed E-state index contributed by atoms with van der Waals surface area (Å²) < 4.78 is 24.1. The maximum absolute atomic E-state index is 13.5. The molecule has 6 heteroatoms. The maximum Gasteiger partial charge on any atom is 0.228 e. The number of piperidine rings is 1. The average Bonchev–Trinajstić information content (AvgIpc) is 2.85. The van der Waals surface area contributed by atoms with Crippen molar-refractivity contribution in [2.45, 2.75) is 62.9 Å². The number of fused-ring (bicyclic) bond motifs is 3. The van der Waals surface area contributed by atoms with Gasteiger partial charge in [0.2, 0.25) is 5.91 Å². The Morgan fingerprint density at radius 1 is 1.19 bits per heavy atom. The first-order valence-corrected chi connectivity index (χ1v) is 11.9. The molecule has 1 aromatic carbocycles. The van der Waals surface area contributed by atoms with E-state index in [0.29, 0.717) is 19.1 Å². The highest BCUT2D eigenvalue weighted by Gasteiger charge is 2.54. The molecule has 1 heterocycles. The van der Waals surface area contributed by atoms with Crippen LogP contribution < -0.4 is 10.5 Å². The normalized spacial score (nSPS) is 31.5. The van der Waals surface area contributed by atoms with E-state index < -0.39 is 6.67 Å². The number of benzene rings is 1. The van der Waals surface area contributed by atoms with E-state index in [1.165, 1.54) is 5.56 Å². The maximum atomic E-state index is 13.5. The molecule has 1 aliphatic heterocycles. The molecule has 4 fully saturated rings. The number of ether oxygens (including phenoxy) is 2. The van der Waals surface area contributed by atoms with Crippen LogP contribution in [-0.4, -0.2) is 56.9 Å². The zero-order valence-electron chi connectivity index (χ0n) is 18.8. The smallest absolute Gasteiger partial charge is 0.228 e. The van der Waals surface area contributed by atoms with Gasteiger partial charge in [0.25, 0.3) is 0 Å². The van der Waals surface area contributed by atoms with Gasteiger partial charge in [-0.15, -0.1) is 0 Å². The highest BCUT2D eigenvalue weighted by Crippen LogP contribution is 2.58. The van der Waals surface area contributed by atoms with Crippen molar-refractivity contribution in [2.24, 2.45) is 17.1 Å². The summed E-state index contributed by atoms with van der Waals surface area (Å²) in [5.74, 6) is 0.884. The molecule has 3 aliphatic carbocycles. The van der Waals surface area contributed by atoms with Gasteiger partial charge in [-0.25, -0.2) is 0 Å². The van der Waals surface area contributed by atoms with Crippen molar-refractivity contribution in [1.29, 1.82) is 0 Å². The molecule has 2 N–H and O–H groups in total. The number of methoxy groups -OCH3 is 1. The van der Waals surface area contributed by atoms with Gasteiger partial charge >= 0.3 is 0 Å². The van der Waals surface area contributed by atoms with E-state index in [0.717, 1.165) is 70.2 Å². The third-order valence-electron chi connectivity index (χ3n) is 8.20. The van der Waals surface area contributed by atoms with Gasteiger partial charge in [0.15, 0.2) is 0 Å². The first-order valence-electron chi connectivity index (χ1n) is 11.9. The fraction of sp³-hybridized carbons (Fsp3) is 0.720. The summed E-state index contributed by atoms with van der Waals surface area (Å²) >= 11 is 0. The number of alkyl halides is 1. The zero-order valence-corrected chi connectivity index (χ0v) is 18.8. The molecule has 1 saturated heterocycles. The summed E-state index contributed by atoms with van der Waals surface area (Å²) in [4.78, 5) is 15.6. The molecule has 2 bridgehead atoms. The number of likely N-dealkylation sites (tertiary alicyclic amines) is 1. The predicted octanol–water partition coefficient (Wildman–Crippen LogP) is 3.84. The fourth-order valence-electron chi connectivity index (χ4n) is 5.88. The van der Waals surface area contributed by atoms with Crippen LogP contribution in [0.2, 0.25) is 0 Å². The van der Waals surface area contributed by atoms with Crippen LogP contribution in [0.5, 0.6) is 5.75 Å². The Morgan fingerprint density at radius 3 is 2.45 bits per heavy atom. The molecular formula is C25H37FN2O3. The Hall–Kier alpha value is -1.66. The topological polar surface area (TPSA) is 64.8 Å². The molecule has 4 aliphatic rings. The van der Waals surface area contributed by atoms with E-state index in [4.69, 9.17) is 15.2 Å². The average molecular weight is 433 g/mol. The van der Waals surface area contributed by atoms with Crippen molar-refractivity contribution in [3.05, 3.63) is 29.8 Å². The highest BCUT2D eigenvalue weighted by atomic mass is 19.1. The minimum atomic E-state index is -0.457. The van der Waals surface area contributed by atoms with E-state index in [-0.39, 0.29) is 22.9 Å². The first-order chi connectivity index (χ1) is 15.0. The van der Waals surface area contributed by atoms with Crippen LogP contribution in [0, 0.1) is 11.3 Å². The van der Waals surface area contributed by atoms with E-state index in [2.05, 4.69) is 17.0 Å². The number of hydrogen-bond acceptors (Lipinski definition) is 4. The van der Waals surface area contributed by atoms with Crippen molar-refractivity contribution in [3.63, 3.8) is 0 Å². The Morgan fingerprint density at radius 2 is 1.87 bits per heavy atom. The molecule has 172 valence electrons. The molecule has 0 spiro atoms. The molecule has 5 nitrogen and oxygen atoms in total. The molecule has 3 saturated carbocycles. The molecule has 1 aromatic rings. The molecule has 0 aromatic heterocycles. The molecule has 5 rings (SSSR count). The van der Waals surface area contributed by atoms with Gasteiger partial charge < -0.3 is 20.1 Å². The van der Waals surface area contributed by atoms with Crippen LogP contribution in [0.1, 0.15) is 56.9 Å². The van der Waals surface area contributed by atoms with E-state index in [1.807, 2.05) is 12.1 Å². The molecule has 2 atom stereocenters. The number of amides is 1. The highest BCUT2D eigenvalue weighted by molar-refractivity contribution is 5.83. The van der Waals surface area contributed by atoms with Crippen molar-refractivity contribution in [2.75, 3.05) is 40.0 Å². The number of rotatable bonds is 8. The summed E-state index contributed by atoms with van der Waals surface area (Å²) in [6, 6.07) is 8.32. The molecular weight excluding hydrogens is 395 g/mol. The second-order valence-corrected chi connectivity index (χ2v) is 9.90. The van der Waals surface area contributed by atoms with Gasteiger partial charge in [-0.1, -0.05) is 12.1 Å². The monoisotopic (exact) mass is 432 g/mol. The first kappa shape index (κ1) is 22.5. The van der Waals surface area contributed by atoms with E-state index in [1.54, 1.807) is 7.11 Å². The summed E-state index contributed by atoms with van der Waals surface area (Å²) in [6.07, 6.45) is 8.41. The Labute approximate surface area is 185 Å². The molecule has 2 unspecified atom stereocenters. The number of carbonyl (C=O) groups is 1. The van der Waals surface area contributed by atoms with Crippen molar-refractivity contribution >= 4 is 5.91 Å². The predicted molar refractivity (Wildman–Crippen MR) is 119 cm³/mol. The second-order valence-electron chi connectivity index (χ2n) is 9.90. The summed E-state index contributed by atoms with van der Waals surface area (Å²) in [5, 5.41) is 0. The van der Waals surface area contributed by atoms with Crippen LogP contribution in [0.15, 0.2) is 24.3 Å². The lowest BCUT2D eigenvalue weighted by Gasteiger charge is -2.54. The Balaban J connectivity index is 1.38. The lowest BCUT2D eigenvalue weighted by atomic mass is 9.51. The van der Waals surface area contributed by atoms with Crippen molar-refractivity contribution in [3.8, 4) is 5.75 Å². The largest absolute Gasteiger partial charge is 0.493 e. The zero-order chi connectivity index (χ0) is 21.9. The van der Waals surface area contributed by atoms with Gasteiger partial charge in [0, 0.05) is 38.1 Å². The molecule has 31 heavy (non-hydrogen) atoms. The number of nitrogens with zero attached hydrogens (tertiary/aromatic N) is 1. The number of nitrogens with two attached hydrogens (primary N) is 1. The van der Waals surface area contributed by atoms with Gasteiger partial charge in [-0.3, -0.25) is 9.18 Å². The lowest BCUT2D eigenvalue weighted by Crippen LogP contribution is -2.55. The number of hydrogen-bond donors (Lipinski definition) is 1. The standard InChI is InChI=1S/C25H37FN2O3/c1-30-22-3-2-14-28(17-22)23(29)25-11-8-24(9-12-25,10-13-25)20-4-6-21(7-5-20)31-18-19(15-26)16-27/h4-7,19,22H,2-3,8-18,27H2,1H3. The van der Waals surface area contributed by atoms with Gasteiger partial charge in [0.05, 0.1) is 19.4 Å². The second kappa shape index (κ2) is 9.45. The van der Waals surface area contributed by atoms with Crippen molar-refractivity contribution in [1.82, 2.24) is 4.90 Å². The van der Waals surface area contributed by atoms with Crippen molar-refractivity contribution < 1.29 is 18.7 Å².